The summed E-state index contributed by atoms with van der Waals surface area (Å²) in [7, 11) is 0. The van der Waals surface area contributed by atoms with Crippen molar-refractivity contribution < 1.29 is 18.0 Å². The van der Waals surface area contributed by atoms with Crippen LogP contribution in [-0.2, 0) is 6.18 Å². The number of hydrogen-bond acceptors (Lipinski definition) is 1. The van der Waals surface area contributed by atoms with Gasteiger partial charge in [-0.15, -0.1) is 0 Å². The molecule has 0 saturated heterocycles. The zero-order chi connectivity index (χ0) is 16.5. The van der Waals surface area contributed by atoms with E-state index in [0.717, 1.165) is 12.1 Å². The van der Waals surface area contributed by atoms with Crippen molar-refractivity contribution in [2.75, 3.05) is 5.32 Å². The number of nitrogens with one attached hydrogen (secondary N) is 1. The summed E-state index contributed by atoms with van der Waals surface area (Å²) in [6, 6.07) is 7.74. The summed E-state index contributed by atoms with van der Waals surface area (Å²) in [5.74, 6) is -0.623. The minimum Gasteiger partial charge on any atom is -0.322 e. The molecule has 2 aromatic carbocycles. The van der Waals surface area contributed by atoms with Crippen LogP contribution in [0, 0.1) is 0 Å². The molecule has 0 saturated carbocycles. The lowest BCUT2D eigenvalue weighted by Crippen LogP contribution is -2.14. The summed E-state index contributed by atoms with van der Waals surface area (Å²) in [4.78, 5) is 12.1. The first kappa shape index (κ1) is 17.1. The molecule has 8 heteroatoms. The van der Waals surface area contributed by atoms with Crippen molar-refractivity contribution >= 4 is 50.7 Å². The SMILES string of the molecule is O=C(Nc1ccc(Cl)c(C(F)(F)F)c1)c1cc(Br)ccc1Cl. The first-order valence-electron chi connectivity index (χ1n) is 5.81. The van der Waals surface area contributed by atoms with Crippen molar-refractivity contribution in [3.8, 4) is 0 Å². The Kier molecular flexibility index (Phi) is 5.04. The number of alkyl halides is 3. The summed E-state index contributed by atoms with van der Waals surface area (Å²) in [5, 5.41) is 2.11. The van der Waals surface area contributed by atoms with E-state index in [-0.39, 0.29) is 16.3 Å². The van der Waals surface area contributed by atoms with Gasteiger partial charge >= 0.3 is 6.18 Å². The van der Waals surface area contributed by atoms with Gasteiger partial charge in [0.1, 0.15) is 0 Å². The Balaban J connectivity index is 2.31. The van der Waals surface area contributed by atoms with Gasteiger partial charge in [-0.1, -0.05) is 39.1 Å². The maximum Gasteiger partial charge on any atom is 0.417 e. The molecule has 1 N–H and O–H groups in total. The average Bonchev–Trinajstić information content (AvgIpc) is 2.42. The van der Waals surface area contributed by atoms with Crippen LogP contribution in [-0.4, -0.2) is 5.91 Å². The quantitative estimate of drug-likeness (QED) is 0.641. The smallest absolute Gasteiger partial charge is 0.322 e. The maximum atomic E-state index is 12.8. The fraction of sp³-hybridized carbons (Fsp3) is 0.0714. The average molecular weight is 413 g/mol. The molecule has 2 aromatic rings. The van der Waals surface area contributed by atoms with Gasteiger partial charge in [0.2, 0.25) is 0 Å². The Morgan fingerprint density at radius 3 is 2.32 bits per heavy atom. The predicted octanol–water partition coefficient (Wildman–Crippen LogP) is 6.03. The summed E-state index contributed by atoms with van der Waals surface area (Å²) in [5.41, 5.74) is -0.912. The molecule has 116 valence electrons. The minimum absolute atomic E-state index is 0.0298. The highest BCUT2D eigenvalue weighted by molar-refractivity contribution is 9.10. The fourth-order valence-electron chi connectivity index (χ4n) is 1.69. The first-order valence-corrected chi connectivity index (χ1v) is 7.36. The molecular weight excluding hydrogens is 406 g/mol. The summed E-state index contributed by atoms with van der Waals surface area (Å²) >= 11 is 14.6. The van der Waals surface area contributed by atoms with E-state index in [1.54, 1.807) is 6.07 Å². The molecule has 0 aliphatic rings. The molecular formula is C14H7BrCl2F3NO. The van der Waals surface area contributed by atoms with Crippen molar-refractivity contribution in [3.05, 3.63) is 62.0 Å². The molecule has 0 aromatic heterocycles. The second kappa shape index (κ2) is 6.48. The van der Waals surface area contributed by atoms with Gasteiger partial charge in [-0.2, -0.15) is 13.2 Å². The molecule has 2 rings (SSSR count). The molecule has 0 bridgehead atoms. The molecule has 2 nitrogen and oxygen atoms in total. The molecule has 0 unspecified atom stereocenters. The van der Waals surface area contributed by atoms with E-state index in [0.29, 0.717) is 4.47 Å². The molecule has 0 heterocycles. The van der Waals surface area contributed by atoms with Gasteiger partial charge in [0.05, 0.1) is 21.2 Å². The van der Waals surface area contributed by atoms with E-state index in [1.807, 2.05) is 0 Å². The Labute approximate surface area is 142 Å². The lowest BCUT2D eigenvalue weighted by molar-refractivity contribution is -0.137. The number of benzene rings is 2. The van der Waals surface area contributed by atoms with Gasteiger partial charge in [-0.05, 0) is 36.4 Å². The third kappa shape index (κ3) is 3.94. The molecule has 1 amide bonds. The van der Waals surface area contributed by atoms with Gasteiger partial charge in [0, 0.05) is 10.2 Å². The van der Waals surface area contributed by atoms with Gasteiger partial charge < -0.3 is 5.32 Å². The Morgan fingerprint density at radius 2 is 1.68 bits per heavy atom. The zero-order valence-corrected chi connectivity index (χ0v) is 13.7. The normalized spacial score (nSPS) is 11.4. The van der Waals surface area contributed by atoms with Crippen LogP contribution in [0.25, 0.3) is 0 Å². The number of hydrogen-bond donors (Lipinski definition) is 1. The first-order chi connectivity index (χ1) is 10.2. The van der Waals surface area contributed by atoms with Crippen LogP contribution >= 0.6 is 39.1 Å². The number of rotatable bonds is 2. The van der Waals surface area contributed by atoms with Crippen LogP contribution < -0.4 is 5.32 Å². The lowest BCUT2D eigenvalue weighted by Gasteiger charge is -2.12. The van der Waals surface area contributed by atoms with Crippen LogP contribution in [0.15, 0.2) is 40.9 Å². The van der Waals surface area contributed by atoms with Gasteiger partial charge in [-0.3, -0.25) is 4.79 Å². The lowest BCUT2D eigenvalue weighted by atomic mass is 10.1. The molecule has 22 heavy (non-hydrogen) atoms. The van der Waals surface area contributed by atoms with E-state index >= 15 is 0 Å². The highest BCUT2D eigenvalue weighted by Crippen LogP contribution is 2.36. The fourth-order valence-corrected chi connectivity index (χ4v) is 2.48. The van der Waals surface area contributed by atoms with Crippen molar-refractivity contribution in [2.24, 2.45) is 0 Å². The topological polar surface area (TPSA) is 29.1 Å². The van der Waals surface area contributed by atoms with E-state index in [9.17, 15) is 18.0 Å². The molecule has 0 radical (unpaired) electrons. The van der Waals surface area contributed by atoms with E-state index in [2.05, 4.69) is 21.2 Å². The number of anilines is 1. The predicted molar refractivity (Wildman–Crippen MR) is 83.6 cm³/mol. The molecule has 0 atom stereocenters. The number of amides is 1. The minimum atomic E-state index is -4.61. The third-order valence-corrected chi connectivity index (χ3v) is 3.86. The van der Waals surface area contributed by atoms with Gasteiger partial charge in [0.25, 0.3) is 5.91 Å². The van der Waals surface area contributed by atoms with E-state index < -0.39 is 22.7 Å². The van der Waals surface area contributed by atoms with Crippen molar-refractivity contribution in [3.63, 3.8) is 0 Å². The van der Waals surface area contributed by atoms with Gasteiger partial charge in [0.15, 0.2) is 0 Å². The monoisotopic (exact) mass is 411 g/mol. The highest BCUT2D eigenvalue weighted by Gasteiger charge is 2.33. The standard InChI is InChI=1S/C14H7BrCl2F3NO/c15-7-1-3-11(16)9(5-7)13(22)21-8-2-4-12(17)10(6-8)14(18,19)20/h1-6H,(H,21,22). The number of carbonyl (C=O) groups is 1. The van der Waals surface area contributed by atoms with Crippen LogP contribution in [0.2, 0.25) is 10.0 Å². The second-order valence-corrected chi connectivity index (χ2v) is 6.00. The molecule has 0 spiro atoms. The van der Waals surface area contributed by atoms with Crippen LogP contribution in [0.4, 0.5) is 18.9 Å². The second-order valence-electron chi connectivity index (χ2n) is 4.27. The zero-order valence-electron chi connectivity index (χ0n) is 10.6. The highest BCUT2D eigenvalue weighted by atomic mass is 79.9. The van der Waals surface area contributed by atoms with Gasteiger partial charge in [-0.25, -0.2) is 0 Å². The Hall–Kier alpha value is -1.24. The van der Waals surface area contributed by atoms with Crippen LogP contribution in [0.5, 0.6) is 0 Å². The van der Waals surface area contributed by atoms with Crippen LogP contribution in [0.3, 0.4) is 0 Å². The van der Waals surface area contributed by atoms with E-state index in [4.69, 9.17) is 23.2 Å². The van der Waals surface area contributed by atoms with Crippen LogP contribution in [0.1, 0.15) is 15.9 Å². The largest absolute Gasteiger partial charge is 0.417 e. The molecule has 0 aliphatic heterocycles. The third-order valence-electron chi connectivity index (χ3n) is 2.70. The summed E-state index contributed by atoms with van der Waals surface area (Å²) in [6.45, 7) is 0. The van der Waals surface area contributed by atoms with E-state index in [1.165, 1.54) is 18.2 Å². The maximum absolute atomic E-state index is 12.8. The number of carbonyl (C=O) groups excluding carboxylic acids is 1. The Bertz CT molecular complexity index is 735. The summed E-state index contributed by atoms with van der Waals surface area (Å²) in [6.07, 6.45) is -4.61. The van der Waals surface area contributed by atoms with Crippen molar-refractivity contribution in [1.29, 1.82) is 0 Å². The Morgan fingerprint density at radius 1 is 1.05 bits per heavy atom. The summed E-state index contributed by atoms with van der Waals surface area (Å²) < 4.78 is 39.0. The molecule has 0 aliphatic carbocycles. The van der Waals surface area contributed by atoms with Crippen molar-refractivity contribution in [1.82, 2.24) is 0 Å². The molecule has 0 fully saturated rings. The van der Waals surface area contributed by atoms with Crippen molar-refractivity contribution in [2.45, 2.75) is 6.18 Å². The number of halogens is 6.